The molecule has 242 valence electrons. The summed E-state index contributed by atoms with van der Waals surface area (Å²) in [6.45, 7) is 1.16. The number of methoxy groups -OCH3 is 2. The number of aliphatic hydroxyl groups is 1. The molecule has 0 amide bonds. The number of carbonyl (C=O) groups is 2. The predicted molar refractivity (Wildman–Crippen MR) is 160 cm³/mol. The van der Waals surface area contributed by atoms with E-state index in [4.69, 9.17) is 33.2 Å². The van der Waals surface area contributed by atoms with Crippen LogP contribution in [0.25, 0.3) is 10.8 Å². The summed E-state index contributed by atoms with van der Waals surface area (Å²) < 4.78 is 41.5. The number of Topliss-reactive ketones (excluding diaryl/α,β-unsaturated/α-hetero) is 1. The Bertz CT molecular complexity index is 1830. The van der Waals surface area contributed by atoms with E-state index in [9.17, 15) is 29.9 Å². The lowest BCUT2D eigenvalue weighted by molar-refractivity contribution is -0.384. The number of ether oxygens (including phenoxy) is 7. The largest absolute Gasteiger partial charge is 0.514 e. The number of nitro benzene ring substituents is 1. The average molecular weight is 702 g/mol. The summed E-state index contributed by atoms with van der Waals surface area (Å²) in [7, 11) is 2.82. The second-order valence-corrected chi connectivity index (χ2v) is 12.1. The fraction of sp³-hybridized carbons (Fsp3) is 0.419. The molecule has 3 heterocycles. The fourth-order valence-corrected chi connectivity index (χ4v) is 8.02. The zero-order valence-electron chi connectivity index (χ0n) is 24.8. The first-order valence-electron chi connectivity index (χ1n) is 14.3. The maximum atomic E-state index is 13.1. The van der Waals surface area contributed by atoms with E-state index in [-0.39, 0.29) is 51.4 Å². The van der Waals surface area contributed by atoms with Crippen LogP contribution >= 0.6 is 15.9 Å². The number of hydrogen-bond donors (Lipinski definition) is 2. The van der Waals surface area contributed by atoms with Crippen LogP contribution in [0.1, 0.15) is 46.0 Å². The Morgan fingerprint density at radius 2 is 1.93 bits per heavy atom. The van der Waals surface area contributed by atoms with Crippen LogP contribution < -0.4 is 14.2 Å². The van der Waals surface area contributed by atoms with Gasteiger partial charge in [-0.3, -0.25) is 14.9 Å². The zero-order chi connectivity index (χ0) is 32.8. The van der Waals surface area contributed by atoms with E-state index in [0.717, 1.165) is 0 Å². The third kappa shape index (κ3) is 3.89. The third-order valence-corrected chi connectivity index (χ3v) is 10.1. The molecule has 15 heteroatoms. The summed E-state index contributed by atoms with van der Waals surface area (Å²) in [6.07, 6.45) is -1.74. The van der Waals surface area contributed by atoms with Gasteiger partial charge in [-0.05, 0) is 43.5 Å². The number of alkyl halides is 1. The number of hydrogen-bond acceptors (Lipinski definition) is 13. The molecule has 2 fully saturated rings. The van der Waals surface area contributed by atoms with Crippen molar-refractivity contribution < 1.29 is 57.9 Å². The van der Waals surface area contributed by atoms with Crippen LogP contribution in [0.3, 0.4) is 0 Å². The van der Waals surface area contributed by atoms with Crippen molar-refractivity contribution in [3.05, 3.63) is 62.7 Å². The van der Waals surface area contributed by atoms with Gasteiger partial charge in [-0.15, -0.1) is 0 Å². The highest BCUT2D eigenvalue weighted by Crippen LogP contribution is 2.66. The molecule has 1 aliphatic carbocycles. The number of phenolic OH excluding ortho intramolecular Hbond substituents is 1. The van der Waals surface area contributed by atoms with Gasteiger partial charge < -0.3 is 43.4 Å². The fourth-order valence-electron chi connectivity index (χ4n) is 7.21. The topological polar surface area (TPSA) is 182 Å². The number of benzene rings is 3. The van der Waals surface area contributed by atoms with Gasteiger partial charge in [-0.1, -0.05) is 15.9 Å². The predicted octanol–water partition coefficient (Wildman–Crippen LogP) is 4.53. The molecule has 2 bridgehead atoms. The monoisotopic (exact) mass is 701 g/mol. The van der Waals surface area contributed by atoms with Crippen LogP contribution in [-0.4, -0.2) is 76.5 Å². The Hall–Kier alpha value is -4.02. The van der Waals surface area contributed by atoms with Gasteiger partial charge >= 0.3 is 6.16 Å². The highest BCUT2D eigenvalue weighted by molar-refractivity contribution is 9.09. The maximum absolute atomic E-state index is 13.1. The number of phenols is 1. The van der Waals surface area contributed by atoms with Gasteiger partial charge in [-0.2, -0.15) is 0 Å². The average Bonchev–Trinajstić information content (AvgIpc) is 3.53. The number of aryl methyl sites for hydroxylation is 1. The molecule has 3 aromatic rings. The van der Waals surface area contributed by atoms with E-state index in [0.29, 0.717) is 40.7 Å². The standard InChI is InChI=1S/C31H28BrNO13/c1-14-11-18-22(23(35)21-17(24(18)40-2)5-4-6-19(21)34)25-20(14)26-27-31(41-3,45-25)29(37,12-32)30(44-26,46-27)13-42-28(36)43-16-9-7-15(8-10-16)33(38)39/h7-11,26-27,35,37H,4-6,12-13H2,1-3H3/t26?,27?,29-,30?,31-/m1/s1. The highest BCUT2D eigenvalue weighted by atomic mass is 79.9. The summed E-state index contributed by atoms with van der Waals surface area (Å²) in [5, 5.41) is 35.3. The first kappa shape index (κ1) is 30.6. The molecule has 0 aromatic heterocycles. The van der Waals surface area contributed by atoms with Crippen LogP contribution in [0.5, 0.6) is 23.0 Å². The number of aromatic hydroxyl groups is 1. The van der Waals surface area contributed by atoms with Crippen molar-refractivity contribution in [3.63, 3.8) is 0 Å². The lowest BCUT2D eigenvalue weighted by atomic mass is 9.76. The second kappa shape index (κ2) is 10.5. The summed E-state index contributed by atoms with van der Waals surface area (Å²) in [4.78, 5) is 36.1. The number of fused-ring (bicyclic) bond motifs is 6. The molecule has 3 aliphatic heterocycles. The number of non-ortho nitro benzene ring substituents is 1. The molecule has 2 N–H and O–H groups in total. The van der Waals surface area contributed by atoms with Crippen molar-refractivity contribution in [3.8, 4) is 23.0 Å². The SMILES string of the molecule is COc1c2c(c(O)c3c4c(c(C)cc13)C1OC3(COC(=O)Oc5ccc([N+](=O)[O-])cc5)OC1[C@@](OC)(O4)[C@@]3(O)CBr)C(=O)CCC2. The number of nitro groups is 1. The van der Waals surface area contributed by atoms with Crippen molar-refractivity contribution in [1.29, 1.82) is 0 Å². The van der Waals surface area contributed by atoms with E-state index in [2.05, 4.69) is 15.9 Å². The molecule has 0 radical (unpaired) electrons. The van der Waals surface area contributed by atoms with Gasteiger partial charge in [0.05, 0.1) is 23.0 Å². The Balaban J connectivity index is 1.29. The maximum Gasteiger partial charge on any atom is 0.514 e. The smallest absolute Gasteiger partial charge is 0.506 e. The molecule has 7 rings (SSSR count). The second-order valence-electron chi connectivity index (χ2n) is 11.6. The summed E-state index contributed by atoms with van der Waals surface area (Å²) in [6, 6.07) is 6.61. The van der Waals surface area contributed by atoms with Crippen molar-refractivity contribution in [2.75, 3.05) is 26.2 Å². The molecule has 14 nitrogen and oxygen atoms in total. The number of halogens is 1. The van der Waals surface area contributed by atoms with Crippen LogP contribution in [0, 0.1) is 17.0 Å². The quantitative estimate of drug-likeness (QED) is 0.115. The number of carbonyl (C=O) groups excluding carboxylic acids is 2. The zero-order valence-corrected chi connectivity index (χ0v) is 26.4. The van der Waals surface area contributed by atoms with E-state index in [1.165, 1.54) is 38.5 Å². The van der Waals surface area contributed by atoms with Gasteiger partial charge in [0.1, 0.15) is 29.1 Å². The minimum atomic E-state index is -2.15. The van der Waals surface area contributed by atoms with Crippen LogP contribution in [0.4, 0.5) is 10.5 Å². The van der Waals surface area contributed by atoms with E-state index >= 15 is 0 Å². The minimum absolute atomic E-state index is 0.0117. The molecule has 3 aromatic carbocycles. The Kier molecular flexibility index (Phi) is 6.99. The van der Waals surface area contributed by atoms with Crippen molar-refractivity contribution in [2.24, 2.45) is 0 Å². The molecular formula is C31H28BrNO13. The normalized spacial score (nSPS) is 28.8. The van der Waals surface area contributed by atoms with Crippen molar-refractivity contribution >= 4 is 44.3 Å². The van der Waals surface area contributed by atoms with E-state index in [1.807, 2.05) is 13.0 Å². The molecular weight excluding hydrogens is 674 g/mol. The summed E-state index contributed by atoms with van der Waals surface area (Å²) >= 11 is 3.34. The molecule has 0 spiro atoms. The summed E-state index contributed by atoms with van der Waals surface area (Å²) in [5.74, 6) is -3.88. The minimum Gasteiger partial charge on any atom is -0.506 e. The Labute approximate surface area is 269 Å². The molecule has 4 aliphatic rings. The number of rotatable bonds is 7. The summed E-state index contributed by atoms with van der Waals surface area (Å²) in [5.41, 5.74) is -0.384. The van der Waals surface area contributed by atoms with E-state index in [1.54, 1.807) is 0 Å². The van der Waals surface area contributed by atoms with Crippen LogP contribution in [0.2, 0.25) is 0 Å². The lowest BCUT2D eigenvalue weighted by Gasteiger charge is -2.53. The molecule has 0 saturated carbocycles. The Morgan fingerprint density at radius 3 is 2.59 bits per heavy atom. The lowest BCUT2D eigenvalue weighted by Crippen LogP contribution is -2.74. The van der Waals surface area contributed by atoms with Gasteiger partial charge in [0, 0.05) is 47.5 Å². The Morgan fingerprint density at radius 1 is 1.20 bits per heavy atom. The van der Waals surface area contributed by atoms with Crippen LogP contribution in [-0.2, 0) is 25.4 Å². The van der Waals surface area contributed by atoms with Crippen molar-refractivity contribution in [1.82, 2.24) is 0 Å². The van der Waals surface area contributed by atoms with Gasteiger partial charge in [0.15, 0.2) is 24.1 Å². The van der Waals surface area contributed by atoms with Crippen molar-refractivity contribution in [2.45, 2.75) is 55.6 Å². The van der Waals surface area contributed by atoms with Gasteiger partial charge in [-0.25, -0.2) is 4.79 Å². The molecule has 2 saturated heterocycles. The first-order valence-corrected chi connectivity index (χ1v) is 15.5. The number of ketones is 1. The molecule has 5 atom stereocenters. The molecule has 46 heavy (non-hydrogen) atoms. The first-order chi connectivity index (χ1) is 22.0. The van der Waals surface area contributed by atoms with Gasteiger partial charge in [0.2, 0.25) is 5.79 Å². The van der Waals surface area contributed by atoms with E-state index < -0.39 is 47.1 Å². The highest BCUT2D eigenvalue weighted by Gasteiger charge is 2.85. The van der Waals surface area contributed by atoms with Gasteiger partial charge in [0.25, 0.3) is 11.5 Å². The molecule has 3 unspecified atom stereocenters. The number of nitrogens with zero attached hydrogens (tertiary/aromatic N) is 1. The third-order valence-electron chi connectivity index (χ3n) is 9.29. The van der Waals surface area contributed by atoms with Crippen LogP contribution in [0.15, 0.2) is 30.3 Å².